The van der Waals surface area contributed by atoms with Crippen LogP contribution in [0.25, 0.3) is 10.9 Å². The van der Waals surface area contributed by atoms with E-state index in [0.29, 0.717) is 0 Å². The third-order valence-electron chi connectivity index (χ3n) is 4.11. The Hall–Kier alpha value is -1.24. The summed E-state index contributed by atoms with van der Waals surface area (Å²) >= 11 is 0. The molecule has 0 radical (unpaired) electrons. The van der Waals surface area contributed by atoms with Crippen molar-refractivity contribution in [1.29, 1.82) is 0 Å². The van der Waals surface area contributed by atoms with Crippen LogP contribution in [-0.4, -0.2) is 4.57 Å². The molecule has 2 rings (SSSR count). The Morgan fingerprint density at radius 3 is 1.71 bits per heavy atom. The first-order valence-corrected chi connectivity index (χ1v) is 7.99. The van der Waals surface area contributed by atoms with E-state index >= 15 is 0 Å². The highest BCUT2D eigenvalue weighted by Gasteiger charge is 2.27. The number of rotatable bonds is 0. The molecule has 0 aliphatic carbocycles. The molecule has 0 aliphatic rings. The predicted molar refractivity (Wildman–Crippen MR) is 94.3 cm³/mol. The maximum Gasteiger partial charge on any atom is 0.0487 e. The number of benzene rings is 1. The molecule has 0 aliphatic heterocycles. The fourth-order valence-corrected chi connectivity index (χ4v) is 2.96. The van der Waals surface area contributed by atoms with Gasteiger partial charge in [0.05, 0.1) is 0 Å². The maximum absolute atomic E-state index is 2.51. The second-order valence-corrected chi connectivity index (χ2v) is 9.31. The first-order valence-electron chi connectivity index (χ1n) is 7.99. The van der Waals surface area contributed by atoms with Crippen LogP contribution in [0.1, 0.15) is 73.6 Å². The van der Waals surface area contributed by atoms with Gasteiger partial charge in [0.1, 0.15) is 0 Å². The lowest BCUT2D eigenvalue weighted by molar-refractivity contribution is 0.371. The van der Waals surface area contributed by atoms with Crippen molar-refractivity contribution in [1.82, 2.24) is 4.57 Å². The molecule has 0 saturated carbocycles. The van der Waals surface area contributed by atoms with Crippen molar-refractivity contribution in [3.63, 3.8) is 0 Å². The highest BCUT2D eigenvalue weighted by molar-refractivity contribution is 5.83. The van der Waals surface area contributed by atoms with E-state index in [1.54, 1.807) is 0 Å². The monoisotopic (exact) mass is 285 g/mol. The van der Waals surface area contributed by atoms with E-state index in [0.717, 1.165) is 0 Å². The average molecular weight is 285 g/mol. The molecule has 1 aromatic carbocycles. The minimum absolute atomic E-state index is 0.0909. The van der Waals surface area contributed by atoms with Crippen LogP contribution in [-0.2, 0) is 16.4 Å². The van der Waals surface area contributed by atoms with E-state index in [1.807, 2.05) is 0 Å². The number of fused-ring (bicyclic) bond motifs is 1. The standard InChI is InChI=1S/C20H31N/c1-18(2,3)15-10-11-16-14(12-15)13-17(19(4,5)6)21(16)20(7,8)9/h10-13H,1-9H3. The lowest BCUT2D eigenvalue weighted by atomic mass is 9.86. The van der Waals surface area contributed by atoms with Gasteiger partial charge in [0.2, 0.25) is 0 Å². The third-order valence-corrected chi connectivity index (χ3v) is 4.11. The van der Waals surface area contributed by atoms with Gasteiger partial charge in [0, 0.05) is 27.6 Å². The lowest BCUT2D eigenvalue weighted by Gasteiger charge is -2.31. The number of hydrogen-bond acceptors (Lipinski definition) is 0. The minimum atomic E-state index is 0.0909. The zero-order valence-corrected chi connectivity index (χ0v) is 15.3. The Bertz CT molecular complexity index is 652. The molecule has 0 unspecified atom stereocenters. The summed E-state index contributed by atoms with van der Waals surface area (Å²) < 4.78 is 2.51. The van der Waals surface area contributed by atoms with Gasteiger partial charge in [0.25, 0.3) is 0 Å². The number of nitrogens with zero attached hydrogens (tertiary/aromatic N) is 1. The van der Waals surface area contributed by atoms with Gasteiger partial charge in [-0.15, -0.1) is 0 Å². The molecule has 116 valence electrons. The highest BCUT2D eigenvalue weighted by atomic mass is 15.1. The number of aromatic nitrogens is 1. The van der Waals surface area contributed by atoms with E-state index in [4.69, 9.17) is 0 Å². The summed E-state index contributed by atoms with van der Waals surface area (Å²) in [6.07, 6.45) is 0. The molecule has 0 fully saturated rings. The van der Waals surface area contributed by atoms with E-state index in [9.17, 15) is 0 Å². The maximum atomic E-state index is 2.51. The first kappa shape index (κ1) is 16.1. The third kappa shape index (κ3) is 3.02. The molecule has 21 heavy (non-hydrogen) atoms. The SMILES string of the molecule is CC(C)(C)c1ccc2c(c1)cc(C(C)(C)C)n2C(C)(C)C. The summed E-state index contributed by atoms with van der Waals surface area (Å²) in [5.74, 6) is 0. The zero-order valence-electron chi connectivity index (χ0n) is 15.3. The van der Waals surface area contributed by atoms with Gasteiger partial charge in [-0.3, -0.25) is 0 Å². The van der Waals surface area contributed by atoms with E-state index in [-0.39, 0.29) is 16.4 Å². The summed E-state index contributed by atoms with van der Waals surface area (Å²) in [7, 11) is 0. The summed E-state index contributed by atoms with van der Waals surface area (Å²) in [5.41, 5.74) is 4.60. The lowest BCUT2D eigenvalue weighted by Crippen LogP contribution is -2.28. The van der Waals surface area contributed by atoms with Crippen LogP contribution in [0.5, 0.6) is 0 Å². The Morgan fingerprint density at radius 1 is 0.714 bits per heavy atom. The molecular formula is C20H31N. The van der Waals surface area contributed by atoms with Gasteiger partial charge in [-0.1, -0.05) is 47.6 Å². The summed E-state index contributed by atoms with van der Waals surface area (Å²) in [6, 6.07) is 9.34. The van der Waals surface area contributed by atoms with Crippen molar-refractivity contribution in [3.8, 4) is 0 Å². The molecule has 0 atom stereocenters. The fraction of sp³-hybridized carbons (Fsp3) is 0.600. The van der Waals surface area contributed by atoms with Crippen LogP contribution in [0.3, 0.4) is 0 Å². The number of hydrogen-bond donors (Lipinski definition) is 0. The van der Waals surface area contributed by atoms with Crippen molar-refractivity contribution in [2.45, 2.75) is 78.7 Å². The van der Waals surface area contributed by atoms with E-state index in [2.05, 4.69) is 91.1 Å². The first-order chi connectivity index (χ1) is 9.32. The topological polar surface area (TPSA) is 4.93 Å². The molecule has 0 saturated heterocycles. The second-order valence-electron chi connectivity index (χ2n) is 9.31. The Labute approximate surface area is 130 Å². The minimum Gasteiger partial charge on any atom is -0.339 e. The molecule has 2 aromatic rings. The van der Waals surface area contributed by atoms with Crippen LogP contribution in [0, 0.1) is 0 Å². The predicted octanol–water partition coefficient (Wildman–Crippen LogP) is 5.99. The van der Waals surface area contributed by atoms with Crippen molar-refractivity contribution in [2.75, 3.05) is 0 Å². The molecule has 0 N–H and O–H groups in total. The van der Waals surface area contributed by atoms with Crippen LogP contribution in [0.2, 0.25) is 0 Å². The fourth-order valence-electron chi connectivity index (χ4n) is 2.96. The Kier molecular flexibility index (Phi) is 3.56. The van der Waals surface area contributed by atoms with E-state index in [1.165, 1.54) is 22.2 Å². The van der Waals surface area contributed by atoms with Gasteiger partial charge >= 0.3 is 0 Å². The smallest absolute Gasteiger partial charge is 0.0487 e. The van der Waals surface area contributed by atoms with E-state index < -0.39 is 0 Å². The second kappa shape index (κ2) is 4.63. The molecule has 0 amide bonds. The molecule has 1 heteroatoms. The highest BCUT2D eigenvalue weighted by Crippen LogP contribution is 2.36. The summed E-state index contributed by atoms with van der Waals surface area (Å²) in [5, 5.41) is 1.36. The quantitative estimate of drug-likeness (QED) is 0.560. The average Bonchev–Trinajstić information content (AvgIpc) is 2.64. The van der Waals surface area contributed by atoms with Crippen molar-refractivity contribution < 1.29 is 0 Å². The molecule has 1 nitrogen and oxygen atoms in total. The summed E-state index contributed by atoms with van der Waals surface area (Å²) in [4.78, 5) is 0. The van der Waals surface area contributed by atoms with Crippen molar-refractivity contribution in [3.05, 3.63) is 35.5 Å². The van der Waals surface area contributed by atoms with Crippen LogP contribution < -0.4 is 0 Å². The van der Waals surface area contributed by atoms with Gasteiger partial charge in [0.15, 0.2) is 0 Å². The van der Waals surface area contributed by atoms with Gasteiger partial charge < -0.3 is 4.57 Å². The largest absolute Gasteiger partial charge is 0.339 e. The summed E-state index contributed by atoms with van der Waals surface area (Å²) in [6.45, 7) is 20.6. The molecule has 1 aromatic heterocycles. The van der Waals surface area contributed by atoms with Crippen LogP contribution in [0.15, 0.2) is 24.3 Å². The molecule has 0 bridgehead atoms. The van der Waals surface area contributed by atoms with Gasteiger partial charge in [-0.25, -0.2) is 0 Å². The van der Waals surface area contributed by atoms with Gasteiger partial charge in [-0.05, 0) is 49.9 Å². The molecule has 1 heterocycles. The van der Waals surface area contributed by atoms with Crippen LogP contribution >= 0.6 is 0 Å². The molecule has 0 spiro atoms. The molecular weight excluding hydrogens is 254 g/mol. The Balaban J connectivity index is 2.80. The zero-order chi connectivity index (χ0) is 16.2. The normalized spacial score (nSPS) is 14.0. The van der Waals surface area contributed by atoms with Crippen molar-refractivity contribution >= 4 is 10.9 Å². The van der Waals surface area contributed by atoms with Crippen molar-refractivity contribution in [2.24, 2.45) is 0 Å². The van der Waals surface area contributed by atoms with Crippen LogP contribution in [0.4, 0.5) is 0 Å². The van der Waals surface area contributed by atoms with Gasteiger partial charge in [-0.2, -0.15) is 0 Å². The Morgan fingerprint density at radius 2 is 1.29 bits per heavy atom.